The zero-order valence-corrected chi connectivity index (χ0v) is 12.7. The average Bonchev–Trinajstić information content (AvgIpc) is 2.45. The van der Waals surface area contributed by atoms with Crippen LogP contribution in [0.25, 0.3) is 0 Å². The topological polar surface area (TPSA) is 49.4 Å². The molecule has 0 aromatic heterocycles. The molecule has 0 heterocycles. The van der Waals surface area contributed by atoms with E-state index in [0.717, 1.165) is 11.3 Å². The van der Waals surface area contributed by atoms with Gasteiger partial charge in [0.05, 0.1) is 4.90 Å². The summed E-state index contributed by atoms with van der Waals surface area (Å²) in [6.07, 6.45) is 0. The van der Waals surface area contributed by atoms with Crippen molar-refractivity contribution in [3.05, 3.63) is 59.9 Å². The van der Waals surface area contributed by atoms with Crippen LogP contribution >= 0.6 is 0 Å². The molecule has 0 aliphatic carbocycles. The summed E-state index contributed by atoms with van der Waals surface area (Å²) >= 11 is 0. The van der Waals surface area contributed by atoms with E-state index in [1.807, 2.05) is 6.07 Å². The van der Waals surface area contributed by atoms with Crippen LogP contribution in [0.15, 0.2) is 53.4 Å². The predicted octanol–water partition coefficient (Wildman–Crippen LogP) is 2.69. The van der Waals surface area contributed by atoms with Gasteiger partial charge in [-0.15, -0.1) is 0 Å². The molecule has 0 radical (unpaired) electrons. The molecule has 21 heavy (non-hydrogen) atoms. The molecule has 0 atom stereocenters. The Bertz CT molecular complexity index is 713. The number of hydrogen-bond acceptors (Lipinski definition) is 3. The van der Waals surface area contributed by atoms with Crippen molar-refractivity contribution in [1.82, 2.24) is 4.31 Å². The highest BCUT2D eigenvalue weighted by Crippen LogP contribution is 2.17. The number of rotatable bonds is 5. The summed E-state index contributed by atoms with van der Waals surface area (Å²) in [6.45, 7) is 0.470. The van der Waals surface area contributed by atoms with Gasteiger partial charge in [0, 0.05) is 26.3 Å². The van der Waals surface area contributed by atoms with E-state index in [4.69, 9.17) is 0 Å². The van der Waals surface area contributed by atoms with Crippen LogP contribution in [0.5, 0.6) is 0 Å². The number of anilines is 1. The fraction of sp³-hybridized carbons (Fsp3) is 0.200. The van der Waals surface area contributed by atoms with Gasteiger partial charge in [0.25, 0.3) is 0 Å². The van der Waals surface area contributed by atoms with E-state index >= 15 is 0 Å². The number of benzene rings is 2. The van der Waals surface area contributed by atoms with Gasteiger partial charge < -0.3 is 5.32 Å². The average molecular weight is 308 g/mol. The van der Waals surface area contributed by atoms with Crippen molar-refractivity contribution in [2.45, 2.75) is 11.4 Å². The Hall–Kier alpha value is -1.92. The molecule has 0 bridgehead atoms. The maximum Gasteiger partial charge on any atom is 0.242 e. The first-order chi connectivity index (χ1) is 9.89. The Balaban J connectivity index is 2.07. The summed E-state index contributed by atoms with van der Waals surface area (Å²) in [5.74, 6) is -0.276. The highest BCUT2D eigenvalue weighted by Gasteiger charge is 2.16. The molecule has 0 unspecified atom stereocenters. The largest absolute Gasteiger partial charge is 0.381 e. The third kappa shape index (κ3) is 3.80. The van der Waals surface area contributed by atoms with Gasteiger partial charge in [-0.05, 0) is 42.0 Å². The first kappa shape index (κ1) is 15.5. The summed E-state index contributed by atoms with van der Waals surface area (Å²) in [7, 11) is -0.427. The molecule has 2 rings (SSSR count). The quantitative estimate of drug-likeness (QED) is 0.924. The van der Waals surface area contributed by atoms with Gasteiger partial charge in [0.1, 0.15) is 5.82 Å². The predicted molar refractivity (Wildman–Crippen MR) is 81.0 cm³/mol. The number of nitrogens with one attached hydrogen (secondary N) is 1. The molecule has 0 saturated carbocycles. The van der Waals surface area contributed by atoms with Gasteiger partial charge in [0.15, 0.2) is 0 Å². The molecule has 2 aromatic carbocycles. The molecule has 1 N–H and O–H groups in total. The van der Waals surface area contributed by atoms with Crippen molar-refractivity contribution >= 4 is 15.7 Å². The van der Waals surface area contributed by atoms with Gasteiger partial charge in [-0.1, -0.05) is 12.1 Å². The molecule has 0 fully saturated rings. The molecule has 0 aliphatic heterocycles. The Labute approximate surface area is 124 Å². The maximum absolute atomic E-state index is 13.1. The zero-order chi connectivity index (χ0) is 15.5. The van der Waals surface area contributed by atoms with E-state index < -0.39 is 10.0 Å². The molecule has 0 aliphatic rings. The highest BCUT2D eigenvalue weighted by molar-refractivity contribution is 7.89. The SMILES string of the molecule is CN(C)S(=O)(=O)c1ccc(NCc2cccc(F)c2)cc1. The van der Waals surface area contributed by atoms with E-state index in [-0.39, 0.29) is 10.7 Å². The van der Waals surface area contributed by atoms with Crippen LogP contribution in [0.4, 0.5) is 10.1 Å². The highest BCUT2D eigenvalue weighted by atomic mass is 32.2. The maximum atomic E-state index is 13.1. The minimum absolute atomic E-state index is 0.240. The lowest BCUT2D eigenvalue weighted by Crippen LogP contribution is -2.22. The molecule has 0 saturated heterocycles. The Morgan fingerprint density at radius 2 is 1.76 bits per heavy atom. The fourth-order valence-electron chi connectivity index (χ4n) is 1.81. The smallest absolute Gasteiger partial charge is 0.242 e. The van der Waals surface area contributed by atoms with Gasteiger partial charge >= 0.3 is 0 Å². The van der Waals surface area contributed by atoms with Crippen LogP contribution in [0, 0.1) is 5.82 Å². The lowest BCUT2D eigenvalue weighted by molar-refractivity contribution is 0.521. The van der Waals surface area contributed by atoms with Crippen molar-refractivity contribution in [2.24, 2.45) is 0 Å². The first-order valence-electron chi connectivity index (χ1n) is 6.40. The van der Waals surface area contributed by atoms with Crippen molar-refractivity contribution in [1.29, 1.82) is 0 Å². The summed E-state index contributed by atoms with van der Waals surface area (Å²) in [6, 6.07) is 12.8. The second kappa shape index (κ2) is 6.24. The van der Waals surface area contributed by atoms with Gasteiger partial charge in [-0.25, -0.2) is 17.1 Å². The normalized spacial score (nSPS) is 11.6. The lowest BCUT2D eigenvalue weighted by atomic mass is 10.2. The number of halogens is 1. The zero-order valence-electron chi connectivity index (χ0n) is 11.9. The fourth-order valence-corrected chi connectivity index (χ4v) is 2.71. The van der Waals surface area contributed by atoms with E-state index in [9.17, 15) is 12.8 Å². The molecule has 2 aromatic rings. The third-order valence-electron chi connectivity index (χ3n) is 3.02. The number of sulfonamides is 1. The Morgan fingerprint density at radius 1 is 1.10 bits per heavy atom. The van der Waals surface area contributed by atoms with Crippen LogP contribution in [0.1, 0.15) is 5.56 Å². The molecule has 0 spiro atoms. The molecule has 4 nitrogen and oxygen atoms in total. The molecule has 0 amide bonds. The Kier molecular flexibility index (Phi) is 4.59. The number of hydrogen-bond donors (Lipinski definition) is 1. The van der Waals surface area contributed by atoms with Crippen LogP contribution < -0.4 is 5.32 Å². The van der Waals surface area contributed by atoms with Crippen molar-refractivity contribution in [3.8, 4) is 0 Å². The van der Waals surface area contributed by atoms with Crippen LogP contribution in [0.2, 0.25) is 0 Å². The summed E-state index contributed by atoms with van der Waals surface area (Å²) in [5.41, 5.74) is 1.59. The van der Waals surface area contributed by atoms with Gasteiger partial charge in [0.2, 0.25) is 10.0 Å². The monoisotopic (exact) mass is 308 g/mol. The Morgan fingerprint density at radius 3 is 2.33 bits per heavy atom. The van der Waals surface area contributed by atoms with Gasteiger partial charge in [-0.2, -0.15) is 0 Å². The molecule has 112 valence electrons. The first-order valence-corrected chi connectivity index (χ1v) is 7.84. The minimum atomic E-state index is -3.41. The van der Waals surface area contributed by atoms with Crippen LogP contribution in [0.3, 0.4) is 0 Å². The van der Waals surface area contributed by atoms with E-state index in [1.165, 1.54) is 30.5 Å². The lowest BCUT2D eigenvalue weighted by Gasteiger charge is -2.12. The third-order valence-corrected chi connectivity index (χ3v) is 4.85. The second-order valence-electron chi connectivity index (χ2n) is 4.80. The molecular weight excluding hydrogens is 291 g/mol. The van der Waals surface area contributed by atoms with Crippen molar-refractivity contribution in [2.75, 3.05) is 19.4 Å². The minimum Gasteiger partial charge on any atom is -0.381 e. The molecular formula is C15H17FN2O2S. The molecule has 6 heteroatoms. The van der Waals surface area contributed by atoms with E-state index in [0.29, 0.717) is 6.54 Å². The summed E-state index contributed by atoms with van der Waals surface area (Å²) in [5, 5.41) is 3.12. The second-order valence-corrected chi connectivity index (χ2v) is 6.95. The van der Waals surface area contributed by atoms with E-state index in [1.54, 1.807) is 30.3 Å². The number of nitrogens with zero attached hydrogens (tertiary/aromatic N) is 1. The van der Waals surface area contributed by atoms with E-state index in [2.05, 4.69) is 5.32 Å². The summed E-state index contributed by atoms with van der Waals surface area (Å²) in [4.78, 5) is 0.240. The van der Waals surface area contributed by atoms with Crippen molar-refractivity contribution < 1.29 is 12.8 Å². The standard InChI is InChI=1S/C15H17FN2O2S/c1-18(2)21(19,20)15-8-6-14(7-9-15)17-11-12-4-3-5-13(16)10-12/h3-10,17H,11H2,1-2H3. The summed E-state index contributed by atoms with van der Waals surface area (Å²) < 4.78 is 38.1. The van der Waals surface area contributed by atoms with Crippen LogP contribution in [-0.4, -0.2) is 26.8 Å². The van der Waals surface area contributed by atoms with Crippen molar-refractivity contribution in [3.63, 3.8) is 0 Å². The van der Waals surface area contributed by atoms with Gasteiger partial charge in [-0.3, -0.25) is 0 Å². The van der Waals surface area contributed by atoms with Crippen LogP contribution in [-0.2, 0) is 16.6 Å².